The largest absolute Gasteiger partial charge is 0.478 e. The van der Waals surface area contributed by atoms with Crippen molar-refractivity contribution in [2.45, 2.75) is 19.0 Å². The van der Waals surface area contributed by atoms with Crippen LogP contribution in [-0.2, 0) is 12.1 Å². The summed E-state index contributed by atoms with van der Waals surface area (Å²) in [5.74, 6) is -0.940. The average molecular weight is 285 g/mol. The first-order chi connectivity index (χ1) is 10.0. The third-order valence-electron chi connectivity index (χ3n) is 3.58. The fraction of sp³-hybridized carbons (Fsp3) is 0.235. The number of aliphatic hydroxyl groups is 1. The van der Waals surface area contributed by atoms with E-state index < -0.39 is 11.5 Å². The maximum absolute atomic E-state index is 11.0. The van der Waals surface area contributed by atoms with Crippen molar-refractivity contribution >= 4 is 5.97 Å². The second-order valence-corrected chi connectivity index (χ2v) is 5.22. The van der Waals surface area contributed by atoms with Crippen LogP contribution in [0.5, 0.6) is 0 Å². The Morgan fingerprint density at radius 1 is 1.14 bits per heavy atom. The number of hydrogen-bond acceptors (Lipinski definition) is 3. The zero-order valence-corrected chi connectivity index (χ0v) is 11.9. The fourth-order valence-corrected chi connectivity index (χ4v) is 2.17. The van der Waals surface area contributed by atoms with Crippen molar-refractivity contribution in [3.05, 3.63) is 71.3 Å². The van der Waals surface area contributed by atoms with Crippen molar-refractivity contribution in [2.75, 3.05) is 6.61 Å². The van der Waals surface area contributed by atoms with Crippen LogP contribution in [0.15, 0.2) is 54.6 Å². The lowest BCUT2D eigenvalue weighted by atomic mass is 9.92. The van der Waals surface area contributed by atoms with Crippen molar-refractivity contribution in [1.29, 1.82) is 0 Å². The van der Waals surface area contributed by atoms with Crippen LogP contribution >= 0.6 is 0 Å². The molecule has 2 rings (SSSR count). The molecule has 1 atom stereocenters. The molecule has 0 aliphatic rings. The van der Waals surface area contributed by atoms with Crippen molar-refractivity contribution in [3.8, 4) is 0 Å². The predicted molar refractivity (Wildman–Crippen MR) is 81.1 cm³/mol. The first-order valence-electron chi connectivity index (χ1n) is 6.79. The number of carbonyl (C=O) groups is 1. The summed E-state index contributed by atoms with van der Waals surface area (Å²) in [6, 6.07) is 16.5. The van der Waals surface area contributed by atoms with Gasteiger partial charge in [-0.15, -0.1) is 0 Å². The summed E-state index contributed by atoms with van der Waals surface area (Å²) >= 11 is 0. The van der Waals surface area contributed by atoms with Gasteiger partial charge >= 0.3 is 5.97 Å². The van der Waals surface area contributed by atoms with Gasteiger partial charge < -0.3 is 15.5 Å². The van der Waals surface area contributed by atoms with Gasteiger partial charge in [-0.25, -0.2) is 4.79 Å². The lowest BCUT2D eigenvalue weighted by Crippen LogP contribution is -2.42. The predicted octanol–water partition coefficient (Wildman–Crippen LogP) is 2.38. The molecule has 0 heterocycles. The summed E-state index contributed by atoms with van der Waals surface area (Å²) in [7, 11) is 0. The van der Waals surface area contributed by atoms with Gasteiger partial charge in [-0.05, 0) is 30.2 Å². The molecule has 0 bridgehead atoms. The van der Waals surface area contributed by atoms with Crippen LogP contribution in [0.3, 0.4) is 0 Å². The number of carboxylic acids is 1. The van der Waals surface area contributed by atoms with Gasteiger partial charge in [0.05, 0.1) is 17.7 Å². The van der Waals surface area contributed by atoms with E-state index in [9.17, 15) is 9.90 Å². The van der Waals surface area contributed by atoms with Crippen molar-refractivity contribution < 1.29 is 15.0 Å². The summed E-state index contributed by atoms with van der Waals surface area (Å²) in [6.45, 7) is 2.35. The highest BCUT2D eigenvalue weighted by Gasteiger charge is 2.24. The normalized spacial score (nSPS) is 13.6. The van der Waals surface area contributed by atoms with Gasteiger partial charge in [-0.3, -0.25) is 0 Å². The van der Waals surface area contributed by atoms with Crippen LogP contribution in [0.4, 0.5) is 0 Å². The van der Waals surface area contributed by atoms with Crippen LogP contribution in [0.1, 0.15) is 28.4 Å². The molecule has 2 aromatic rings. The summed E-state index contributed by atoms with van der Waals surface area (Å²) in [5, 5.41) is 22.0. The number of aromatic carboxylic acids is 1. The molecule has 0 saturated heterocycles. The Morgan fingerprint density at radius 2 is 1.86 bits per heavy atom. The molecule has 0 fully saturated rings. The molecular weight excluding hydrogens is 266 g/mol. The molecule has 0 aliphatic carbocycles. The zero-order chi connectivity index (χ0) is 15.3. The van der Waals surface area contributed by atoms with E-state index in [1.54, 1.807) is 18.2 Å². The minimum atomic E-state index is -0.940. The Kier molecular flexibility index (Phi) is 4.73. The highest BCUT2D eigenvalue weighted by Crippen LogP contribution is 2.20. The van der Waals surface area contributed by atoms with Crippen molar-refractivity contribution in [2.24, 2.45) is 0 Å². The number of rotatable bonds is 6. The smallest absolute Gasteiger partial charge is 0.335 e. The van der Waals surface area contributed by atoms with Crippen LogP contribution in [0.25, 0.3) is 0 Å². The van der Waals surface area contributed by atoms with E-state index in [1.807, 2.05) is 43.3 Å². The molecule has 4 nitrogen and oxygen atoms in total. The second kappa shape index (κ2) is 6.52. The van der Waals surface area contributed by atoms with Gasteiger partial charge in [0.15, 0.2) is 0 Å². The minimum Gasteiger partial charge on any atom is -0.478 e. The molecule has 4 heteroatoms. The Labute approximate surface area is 124 Å². The maximum atomic E-state index is 11.0. The van der Waals surface area contributed by atoms with E-state index >= 15 is 0 Å². The topological polar surface area (TPSA) is 69.6 Å². The van der Waals surface area contributed by atoms with Crippen molar-refractivity contribution in [1.82, 2.24) is 5.32 Å². The van der Waals surface area contributed by atoms with Gasteiger partial charge in [0.2, 0.25) is 0 Å². The van der Waals surface area contributed by atoms with Crippen LogP contribution in [0, 0.1) is 0 Å². The molecule has 0 saturated carbocycles. The van der Waals surface area contributed by atoms with Crippen LogP contribution < -0.4 is 5.32 Å². The summed E-state index contributed by atoms with van der Waals surface area (Å²) < 4.78 is 0. The number of benzene rings is 2. The molecule has 0 aliphatic heterocycles. The Bertz CT molecular complexity index is 612. The third kappa shape index (κ3) is 3.68. The number of hydrogen-bond donors (Lipinski definition) is 3. The summed E-state index contributed by atoms with van der Waals surface area (Å²) in [5.41, 5.74) is 1.55. The maximum Gasteiger partial charge on any atom is 0.335 e. The van der Waals surface area contributed by atoms with Crippen LogP contribution in [-0.4, -0.2) is 22.8 Å². The highest BCUT2D eigenvalue weighted by atomic mass is 16.4. The molecule has 2 aromatic carbocycles. The number of carboxylic acid groups (broad SMARTS) is 1. The quantitative estimate of drug-likeness (QED) is 0.762. The molecule has 0 aromatic heterocycles. The molecule has 1 unspecified atom stereocenters. The zero-order valence-electron chi connectivity index (χ0n) is 11.9. The minimum absolute atomic E-state index is 0.0460. The van der Waals surface area contributed by atoms with Gasteiger partial charge in [0, 0.05) is 6.54 Å². The van der Waals surface area contributed by atoms with E-state index in [0.29, 0.717) is 6.54 Å². The van der Waals surface area contributed by atoms with E-state index in [1.165, 1.54) is 0 Å². The molecule has 21 heavy (non-hydrogen) atoms. The van der Waals surface area contributed by atoms with Gasteiger partial charge in [-0.2, -0.15) is 0 Å². The molecule has 110 valence electrons. The fourth-order valence-electron chi connectivity index (χ4n) is 2.17. The lowest BCUT2D eigenvalue weighted by molar-refractivity contribution is 0.0696. The van der Waals surface area contributed by atoms with E-state index in [2.05, 4.69) is 5.32 Å². The molecule has 0 spiro atoms. The first kappa shape index (κ1) is 15.2. The standard InChI is InChI=1S/C17H19NO3/c1-17(12-19,15-8-3-2-4-9-15)18-11-13-6-5-7-14(10-13)16(20)21/h2-10,18-19H,11-12H2,1H3,(H,20,21). The summed E-state index contributed by atoms with van der Waals surface area (Å²) in [6.07, 6.45) is 0. The molecular formula is C17H19NO3. The van der Waals surface area contributed by atoms with E-state index in [0.717, 1.165) is 11.1 Å². The van der Waals surface area contributed by atoms with Crippen LogP contribution in [0.2, 0.25) is 0 Å². The van der Waals surface area contributed by atoms with Crippen molar-refractivity contribution in [3.63, 3.8) is 0 Å². The van der Waals surface area contributed by atoms with Gasteiger partial charge in [-0.1, -0.05) is 42.5 Å². The highest BCUT2D eigenvalue weighted by molar-refractivity contribution is 5.87. The lowest BCUT2D eigenvalue weighted by Gasteiger charge is -2.29. The average Bonchev–Trinajstić information content (AvgIpc) is 2.53. The Hall–Kier alpha value is -2.17. The SMILES string of the molecule is CC(CO)(NCc1cccc(C(=O)O)c1)c1ccccc1. The molecule has 3 N–H and O–H groups in total. The third-order valence-corrected chi connectivity index (χ3v) is 3.58. The van der Waals surface area contributed by atoms with E-state index in [4.69, 9.17) is 5.11 Å². The first-order valence-corrected chi connectivity index (χ1v) is 6.79. The Balaban J connectivity index is 2.13. The van der Waals surface area contributed by atoms with Gasteiger partial charge in [0.1, 0.15) is 0 Å². The molecule has 0 amide bonds. The number of aliphatic hydroxyl groups excluding tert-OH is 1. The van der Waals surface area contributed by atoms with Gasteiger partial charge in [0.25, 0.3) is 0 Å². The monoisotopic (exact) mass is 285 g/mol. The Morgan fingerprint density at radius 3 is 2.48 bits per heavy atom. The summed E-state index contributed by atoms with van der Waals surface area (Å²) in [4.78, 5) is 11.0. The number of nitrogens with one attached hydrogen (secondary N) is 1. The second-order valence-electron chi connectivity index (χ2n) is 5.22. The van der Waals surface area contributed by atoms with E-state index in [-0.39, 0.29) is 12.2 Å². The molecule has 0 radical (unpaired) electrons.